The normalized spacial score (nSPS) is 13.1. The zero-order chi connectivity index (χ0) is 25.3. The number of aliphatic hydroxyl groups is 1. The van der Waals surface area contributed by atoms with Crippen LogP contribution < -0.4 is 10.6 Å². The molecule has 0 aliphatic rings. The van der Waals surface area contributed by atoms with Crippen molar-refractivity contribution in [2.24, 2.45) is 0 Å². The number of nitrogens with zero attached hydrogens (tertiary/aromatic N) is 1. The Labute approximate surface area is 204 Å². The van der Waals surface area contributed by atoms with Gasteiger partial charge in [-0.25, -0.2) is 14.6 Å². The summed E-state index contributed by atoms with van der Waals surface area (Å²) in [4.78, 5) is 28.6. The van der Waals surface area contributed by atoms with E-state index in [1.165, 1.54) is 0 Å². The number of fused-ring (bicyclic) bond motifs is 1. The summed E-state index contributed by atoms with van der Waals surface area (Å²) in [5, 5.41) is 16.4. The molecule has 0 bridgehead atoms. The molecule has 2 atom stereocenters. The van der Waals surface area contributed by atoms with Crippen LogP contribution in [0.15, 0.2) is 59.0 Å². The molecule has 3 rings (SSSR count). The molecule has 9 nitrogen and oxygen atoms in total. The highest BCUT2D eigenvalue weighted by Gasteiger charge is 2.27. The van der Waals surface area contributed by atoms with Crippen LogP contribution in [-0.2, 0) is 16.1 Å². The third kappa shape index (κ3) is 8.60. The summed E-state index contributed by atoms with van der Waals surface area (Å²) < 4.78 is 16.2. The number of carbonyl (C=O) groups is 2. The number of nitrogens with one attached hydrogen (secondary N) is 2. The highest BCUT2D eigenvalue weighted by molar-refractivity contribution is 5.72. The highest BCUT2D eigenvalue weighted by Crippen LogP contribution is 2.24. The van der Waals surface area contributed by atoms with Crippen molar-refractivity contribution in [3.63, 3.8) is 0 Å². The Morgan fingerprint density at radius 1 is 1.03 bits per heavy atom. The van der Waals surface area contributed by atoms with E-state index in [1.54, 1.807) is 32.9 Å². The molecule has 0 saturated heterocycles. The summed E-state index contributed by atoms with van der Waals surface area (Å²) >= 11 is 0. The number of para-hydroxylation sites is 2. The van der Waals surface area contributed by atoms with Crippen LogP contribution in [-0.4, -0.2) is 40.5 Å². The molecule has 0 aliphatic carbocycles. The van der Waals surface area contributed by atoms with Gasteiger partial charge in [0.05, 0.1) is 6.04 Å². The maximum Gasteiger partial charge on any atom is 0.407 e. The topological polar surface area (TPSA) is 123 Å². The third-order valence-corrected chi connectivity index (χ3v) is 5.07. The van der Waals surface area contributed by atoms with Gasteiger partial charge in [-0.2, -0.15) is 0 Å². The van der Waals surface area contributed by atoms with E-state index in [0.717, 1.165) is 5.56 Å². The summed E-state index contributed by atoms with van der Waals surface area (Å²) in [6, 6.07) is 15.8. The summed E-state index contributed by atoms with van der Waals surface area (Å²) in [5.41, 5.74) is 1.46. The van der Waals surface area contributed by atoms with Gasteiger partial charge in [0, 0.05) is 6.54 Å². The van der Waals surface area contributed by atoms with Crippen LogP contribution in [0.5, 0.6) is 0 Å². The second-order valence-corrected chi connectivity index (χ2v) is 9.20. The van der Waals surface area contributed by atoms with Crippen molar-refractivity contribution in [2.45, 2.75) is 64.4 Å². The van der Waals surface area contributed by atoms with Gasteiger partial charge in [-0.05, 0) is 57.7 Å². The average molecular weight is 484 g/mol. The number of oxazole rings is 1. The number of hydrogen-bond donors (Lipinski definition) is 3. The molecule has 0 saturated carbocycles. The Kier molecular flexibility index (Phi) is 9.08. The lowest BCUT2D eigenvalue weighted by atomic mass is 10.0. The standard InChI is InChI=1S/C26H33N3O6/c1-26(2,3)35-24(31)27-16-10-9-14-20(29-25(32)33-17-18-11-5-4-6-12-18)22(30)23-28-19-13-7-8-15-21(19)34-23/h4-8,11-13,15,20,22,30H,9-10,14,16-17H2,1-3H3,(H,27,31)(H,29,32)/t20-,22?/m0/s1. The molecule has 3 aromatic rings. The molecule has 2 aromatic carbocycles. The van der Waals surface area contributed by atoms with Crippen LogP contribution >= 0.6 is 0 Å². The maximum atomic E-state index is 12.5. The molecule has 0 fully saturated rings. The van der Waals surface area contributed by atoms with E-state index in [-0.39, 0.29) is 12.5 Å². The lowest BCUT2D eigenvalue weighted by Gasteiger charge is -2.22. The minimum absolute atomic E-state index is 0.109. The number of carbonyl (C=O) groups excluding carboxylic acids is 2. The SMILES string of the molecule is CC(C)(C)OC(=O)NCCCC[C@H](NC(=O)OCc1ccccc1)C(O)c1nc2ccccc2o1. The number of benzene rings is 2. The Morgan fingerprint density at radius 2 is 1.74 bits per heavy atom. The van der Waals surface area contributed by atoms with Crippen LogP contribution in [0.1, 0.15) is 57.6 Å². The minimum atomic E-state index is -1.18. The second-order valence-electron chi connectivity index (χ2n) is 9.20. The van der Waals surface area contributed by atoms with E-state index in [0.29, 0.717) is 36.9 Å². The number of ether oxygens (including phenoxy) is 2. The third-order valence-electron chi connectivity index (χ3n) is 5.07. The highest BCUT2D eigenvalue weighted by atomic mass is 16.6. The fourth-order valence-corrected chi connectivity index (χ4v) is 3.41. The zero-order valence-corrected chi connectivity index (χ0v) is 20.3. The van der Waals surface area contributed by atoms with Crippen molar-refractivity contribution in [3.05, 3.63) is 66.1 Å². The predicted molar refractivity (Wildman–Crippen MR) is 131 cm³/mol. The fourth-order valence-electron chi connectivity index (χ4n) is 3.41. The van der Waals surface area contributed by atoms with Gasteiger partial charge >= 0.3 is 12.2 Å². The summed E-state index contributed by atoms with van der Waals surface area (Å²) in [5.74, 6) is 0.117. The van der Waals surface area contributed by atoms with Crippen LogP contribution in [0.4, 0.5) is 9.59 Å². The molecule has 1 unspecified atom stereocenters. The first-order chi connectivity index (χ1) is 16.7. The zero-order valence-electron chi connectivity index (χ0n) is 20.3. The number of rotatable bonds is 10. The summed E-state index contributed by atoms with van der Waals surface area (Å²) in [7, 11) is 0. The van der Waals surface area contributed by atoms with Crippen LogP contribution in [0.2, 0.25) is 0 Å². The molecule has 35 heavy (non-hydrogen) atoms. The maximum absolute atomic E-state index is 12.5. The minimum Gasteiger partial charge on any atom is -0.445 e. The lowest BCUT2D eigenvalue weighted by molar-refractivity contribution is 0.0526. The Balaban J connectivity index is 1.57. The summed E-state index contributed by atoms with van der Waals surface area (Å²) in [6.45, 7) is 5.91. The van der Waals surface area contributed by atoms with Crippen molar-refractivity contribution in [1.29, 1.82) is 0 Å². The Morgan fingerprint density at radius 3 is 2.46 bits per heavy atom. The monoisotopic (exact) mass is 483 g/mol. The van der Waals surface area contributed by atoms with Gasteiger partial charge in [0.15, 0.2) is 11.7 Å². The van der Waals surface area contributed by atoms with E-state index in [1.807, 2.05) is 42.5 Å². The molecule has 0 spiro atoms. The summed E-state index contributed by atoms with van der Waals surface area (Å²) in [6.07, 6.45) is -0.668. The van der Waals surface area contributed by atoms with Crippen molar-refractivity contribution in [1.82, 2.24) is 15.6 Å². The van der Waals surface area contributed by atoms with E-state index in [4.69, 9.17) is 13.9 Å². The first kappa shape index (κ1) is 26.0. The van der Waals surface area contributed by atoms with Crippen molar-refractivity contribution >= 4 is 23.3 Å². The molecule has 188 valence electrons. The number of unbranched alkanes of at least 4 members (excludes halogenated alkanes) is 1. The number of aromatic nitrogens is 1. The molecule has 9 heteroatoms. The van der Waals surface area contributed by atoms with E-state index in [2.05, 4.69) is 15.6 Å². The van der Waals surface area contributed by atoms with E-state index >= 15 is 0 Å². The van der Waals surface area contributed by atoms with Gasteiger partial charge in [-0.15, -0.1) is 0 Å². The van der Waals surface area contributed by atoms with Gasteiger partial charge in [-0.1, -0.05) is 42.5 Å². The van der Waals surface area contributed by atoms with Gasteiger partial charge in [-0.3, -0.25) is 0 Å². The second kappa shape index (κ2) is 12.2. The van der Waals surface area contributed by atoms with Crippen LogP contribution in [0.25, 0.3) is 11.1 Å². The molecule has 3 N–H and O–H groups in total. The van der Waals surface area contributed by atoms with Crippen LogP contribution in [0.3, 0.4) is 0 Å². The average Bonchev–Trinajstić information content (AvgIpc) is 3.25. The largest absolute Gasteiger partial charge is 0.445 e. The lowest BCUT2D eigenvalue weighted by Crippen LogP contribution is -2.40. The molecule has 0 radical (unpaired) electrons. The quantitative estimate of drug-likeness (QED) is 0.352. The van der Waals surface area contributed by atoms with Gasteiger partial charge in [0.1, 0.15) is 17.7 Å². The van der Waals surface area contributed by atoms with E-state index < -0.39 is 29.9 Å². The van der Waals surface area contributed by atoms with Crippen molar-refractivity contribution < 1.29 is 28.6 Å². The number of aliphatic hydroxyl groups excluding tert-OH is 1. The molecular formula is C26H33N3O6. The number of alkyl carbamates (subject to hydrolysis) is 2. The molecule has 2 amide bonds. The van der Waals surface area contributed by atoms with Gasteiger partial charge in [0.25, 0.3) is 0 Å². The molecule has 1 aromatic heterocycles. The molecule has 1 heterocycles. The Hall–Kier alpha value is -3.59. The van der Waals surface area contributed by atoms with Crippen molar-refractivity contribution in [2.75, 3.05) is 6.54 Å². The van der Waals surface area contributed by atoms with Gasteiger partial charge in [0.2, 0.25) is 5.89 Å². The fraction of sp³-hybridized carbons (Fsp3) is 0.423. The first-order valence-corrected chi connectivity index (χ1v) is 11.7. The first-order valence-electron chi connectivity index (χ1n) is 11.7. The smallest absolute Gasteiger partial charge is 0.407 e. The molecular weight excluding hydrogens is 450 g/mol. The Bertz CT molecular complexity index is 1060. The molecule has 0 aliphatic heterocycles. The number of hydrogen-bond acceptors (Lipinski definition) is 7. The van der Waals surface area contributed by atoms with Crippen LogP contribution in [0, 0.1) is 0 Å². The predicted octanol–water partition coefficient (Wildman–Crippen LogP) is 4.85. The van der Waals surface area contributed by atoms with E-state index in [9.17, 15) is 14.7 Å². The number of amides is 2. The van der Waals surface area contributed by atoms with Gasteiger partial charge < -0.3 is 29.6 Å². The van der Waals surface area contributed by atoms with Crippen molar-refractivity contribution in [3.8, 4) is 0 Å².